The topological polar surface area (TPSA) is 363 Å². The fourth-order valence-corrected chi connectivity index (χ4v) is 15.2. The van der Waals surface area contributed by atoms with Crippen molar-refractivity contribution in [3.8, 4) is 51.0 Å². The number of aryl methyl sites for hydroxylation is 3. The van der Waals surface area contributed by atoms with Gasteiger partial charge in [0.25, 0.3) is 5.69 Å². The molecule has 0 spiro atoms. The second kappa shape index (κ2) is 35.6. The summed E-state index contributed by atoms with van der Waals surface area (Å²) in [5.74, 6) is 3.30. The Bertz CT molecular complexity index is 5680. The molecular weight excluding hydrogens is 1490 g/mol. The number of rotatable bonds is 21. The minimum absolute atomic E-state index is 0.0460. The summed E-state index contributed by atoms with van der Waals surface area (Å²) in [5, 5.41) is 40.9. The molecule has 0 aliphatic carbocycles. The van der Waals surface area contributed by atoms with Crippen LogP contribution in [0.5, 0.6) is 17.2 Å². The minimum atomic E-state index is -0.393. The molecule has 6 aromatic heterocycles. The molecule has 0 saturated carbocycles. The third kappa shape index (κ3) is 18.3. The highest BCUT2D eigenvalue weighted by molar-refractivity contribution is 6.02. The SMILES string of the molecule is C=CC(=O)Nc1cc(Nc2cc(-c3ccc4c(cnn4C)c3)ncn2)c(OC)cc1N(C)C1CCN(C(C)=O)CC1.COc1cc(N(C)C2CCN(C(C)=O)CC2)c(N)cc1Nc1cc(-c2ccc3c(cnn3C)c2)ncn1.COc1cc(N(C)C2CCN(C(C)=O)CC2)c([N+](=O)[O-])cc1Nc1cc(-c2ccc3c(cnn3C)c2)ncn1. The number of carbonyl (C=O) groups excluding carboxylic acids is 4. The normalized spacial score (nSPS) is 13.9. The van der Waals surface area contributed by atoms with Gasteiger partial charge in [0.15, 0.2) is 0 Å². The van der Waals surface area contributed by atoms with Gasteiger partial charge in [-0.05, 0) is 93.1 Å². The van der Waals surface area contributed by atoms with E-state index in [4.69, 9.17) is 19.9 Å². The molecule has 0 radical (unpaired) electrons. The van der Waals surface area contributed by atoms with E-state index in [0.29, 0.717) is 101 Å². The average Bonchev–Trinajstić information content (AvgIpc) is 1.68. The number of nitro groups is 1. The first kappa shape index (κ1) is 81.0. The fourth-order valence-electron chi connectivity index (χ4n) is 15.2. The lowest BCUT2D eigenvalue weighted by Gasteiger charge is -2.38. The zero-order valence-corrected chi connectivity index (χ0v) is 67.6. The summed E-state index contributed by atoms with van der Waals surface area (Å²) < 4.78 is 22.6. The summed E-state index contributed by atoms with van der Waals surface area (Å²) in [5.41, 5.74) is 19.8. The Morgan fingerprint density at radius 1 is 0.470 bits per heavy atom. The number of methoxy groups -OCH3 is 3. The Hall–Kier alpha value is -14.0. The van der Waals surface area contributed by atoms with Crippen LogP contribution in [0.2, 0.25) is 0 Å². The van der Waals surface area contributed by atoms with Gasteiger partial charge in [0.2, 0.25) is 23.6 Å². The Morgan fingerprint density at radius 2 is 0.803 bits per heavy atom. The first-order valence-electron chi connectivity index (χ1n) is 38.3. The van der Waals surface area contributed by atoms with E-state index in [-0.39, 0.29) is 41.4 Å². The van der Waals surface area contributed by atoms with Crippen molar-refractivity contribution in [1.82, 2.24) is 73.9 Å². The molecular formula is C84H96N24O9. The monoisotopic (exact) mass is 1580 g/mol. The Balaban J connectivity index is 0.000000153. The van der Waals surface area contributed by atoms with Crippen LogP contribution in [0.3, 0.4) is 0 Å². The van der Waals surface area contributed by atoms with E-state index < -0.39 is 4.92 Å². The van der Waals surface area contributed by atoms with Crippen molar-refractivity contribution in [2.75, 3.05) is 123 Å². The van der Waals surface area contributed by atoms with Crippen molar-refractivity contribution in [1.29, 1.82) is 0 Å². The highest BCUT2D eigenvalue weighted by Gasteiger charge is 2.32. The van der Waals surface area contributed by atoms with E-state index in [0.717, 1.165) is 129 Å². The number of nitrogens with zero attached hydrogens (tertiary/aromatic N) is 19. The molecule has 0 atom stereocenters. The predicted octanol–water partition coefficient (Wildman–Crippen LogP) is 12.3. The molecule has 15 rings (SSSR count). The molecule has 3 saturated heterocycles. The van der Waals surface area contributed by atoms with Gasteiger partial charge in [-0.1, -0.05) is 24.8 Å². The fraction of sp³-hybridized carbons (Fsp3) is 0.321. The Labute approximate surface area is 676 Å². The summed E-state index contributed by atoms with van der Waals surface area (Å²) in [4.78, 5) is 97.6. The number of piperidine rings is 3. The molecule has 606 valence electrons. The summed E-state index contributed by atoms with van der Waals surface area (Å²) >= 11 is 0. The minimum Gasteiger partial charge on any atom is -0.494 e. The number of likely N-dealkylation sites (tertiary alicyclic amines) is 3. The van der Waals surface area contributed by atoms with Crippen molar-refractivity contribution in [3.05, 3.63) is 170 Å². The number of anilines is 11. The first-order valence-corrected chi connectivity index (χ1v) is 38.3. The number of ether oxygens (including phenoxy) is 3. The lowest BCUT2D eigenvalue weighted by atomic mass is 10.0. The van der Waals surface area contributed by atoms with Crippen LogP contribution in [0.4, 0.5) is 68.6 Å². The molecule has 4 amide bonds. The number of fused-ring (bicyclic) bond motifs is 3. The summed E-state index contributed by atoms with van der Waals surface area (Å²) in [6, 6.07) is 35.0. The lowest BCUT2D eigenvalue weighted by molar-refractivity contribution is -0.384. The van der Waals surface area contributed by atoms with Crippen LogP contribution >= 0.6 is 0 Å². The zero-order valence-electron chi connectivity index (χ0n) is 67.6. The van der Waals surface area contributed by atoms with Crippen LogP contribution in [0.1, 0.15) is 59.3 Å². The Kier molecular flexibility index (Phi) is 24.6. The van der Waals surface area contributed by atoms with E-state index in [1.165, 1.54) is 38.2 Å². The van der Waals surface area contributed by atoms with Crippen molar-refractivity contribution >= 4 is 125 Å². The van der Waals surface area contributed by atoms with Gasteiger partial charge in [-0.2, -0.15) is 15.3 Å². The van der Waals surface area contributed by atoms with Crippen molar-refractivity contribution in [2.45, 2.75) is 77.4 Å². The van der Waals surface area contributed by atoms with Gasteiger partial charge >= 0.3 is 0 Å². The standard InChI is InChI=1S/C30H34N8O3.C27H30N8O4.C27H32N8O2/c1-6-30(40)35-24-14-25(28(41-5)16-27(24)36(3)22-9-11-38(12-10-22)19(2)39)34-29-15-23(31-18-32-29)20-7-8-26-21(13-20)17-33-37(26)4;1-17(36)34-9-7-20(8-10-34)32(2)24-14-26(39-4)22(12-25(24)35(37)38)31-27-13-21(28-16-29-27)18-5-6-23-19(11-18)15-30-33(23)3;1-17(36)35-9-7-20(8-10-35)33(2)25-14-26(37-4)23(12-21(25)28)32-27-13-22(29-16-30-27)18-5-6-24-19(11-18)15-31-34(24)3/h6-8,13-18,22H,1,9-12H2,2-5H3,(H,35,40)(H,31,32,34);5-6,11-16,20H,7-10H2,1-4H3,(H,28,29,31);5-6,11-16,20H,7-10,28H2,1-4H3,(H,29,30,32). The van der Waals surface area contributed by atoms with Gasteiger partial charge in [-0.3, -0.25) is 43.3 Å². The molecule has 3 aliphatic rings. The second-order valence-electron chi connectivity index (χ2n) is 29.1. The molecule has 33 heteroatoms. The smallest absolute Gasteiger partial charge is 0.294 e. The molecule has 9 heterocycles. The van der Waals surface area contributed by atoms with E-state index >= 15 is 0 Å². The molecule has 117 heavy (non-hydrogen) atoms. The largest absolute Gasteiger partial charge is 0.494 e. The molecule has 6 aromatic carbocycles. The van der Waals surface area contributed by atoms with E-state index in [1.54, 1.807) is 62.9 Å². The number of nitrogens with one attached hydrogen (secondary N) is 4. The van der Waals surface area contributed by atoms with Crippen molar-refractivity contribution < 1.29 is 38.3 Å². The number of nitro benzene ring substituents is 1. The molecule has 6 N–H and O–H groups in total. The highest BCUT2D eigenvalue weighted by atomic mass is 16.6. The quantitative estimate of drug-likeness (QED) is 0.0193. The Morgan fingerprint density at radius 3 is 1.15 bits per heavy atom. The number of hydrogen-bond acceptors (Lipinski definition) is 25. The van der Waals surface area contributed by atoms with Gasteiger partial charge in [0.1, 0.15) is 59.4 Å². The highest BCUT2D eigenvalue weighted by Crippen LogP contribution is 2.44. The summed E-state index contributed by atoms with van der Waals surface area (Å²) in [6.45, 7) is 12.5. The number of aromatic nitrogens is 12. The molecule has 33 nitrogen and oxygen atoms in total. The number of benzene rings is 6. The third-order valence-electron chi connectivity index (χ3n) is 22.0. The number of carbonyl (C=O) groups is 4. The van der Waals surface area contributed by atoms with Gasteiger partial charge in [0.05, 0.1) is 118 Å². The van der Waals surface area contributed by atoms with Gasteiger partial charge < -0.3 is 70.6 Å². The first-order chi connectivity index (χ1) is 56.3. The maximum atomic E-state index is 12.4. The average molecular weight is 1590 g/mol. The third-order valence-corrected chi connectivity index (χ3v) is 22.0. The number of nitrogen functional groups attached to an aromatic ring is 1. The number of amides is 4. The zero-order chi connectivity index (χ0) is 82.9. The van der Waals surface area contributed by atoms with Crippen LogP contribution in [-0.2, 0) is 40.3 Å². The van der Waals surface area contributed by atoms with Crippen LogP contribution in [0, 0.1) is 10.1 Å². The van der Waals surface area contributed by atoms with Gasteiger partial charge in [-0.25, -0.2) is 29.9 Å². The maximum absolute atomic E-state index is 12.4. The molecule has 3 fully saturated rings. The van der Waals surface area contributed by atoms with E-state index in [1.807, 2.05) is 164 Å². The van der Waals surface area contributed by atoms with Crippen LogP contribution < -0.4 is 55.9 Å². The van der Waals surface area contributed by atoms with Crippen molar-refractivity contribution in [2.24, 2.45) is 21.1 Å². The predicted molar refractivity (Wildman–Crippen MR) is 455 cm³/mol. The van der Waals surface area contributed by atoms with Crippen molar-refractivity contribution in [3.63, 3.8) is 0 Å². The number of hydrogen-bond donors (Lipinski definition) is 5. The summed E-state index contributed by atoms with van der Waals surface area (Å²) in [7, 11) is 16.4. The summed E-state index contributed by atoms with van der Waals surface area (Å²) in [6.07, 6.45) is 16.1. The van der Waals surface area contributed by atoms with Crippen LogP contribution in [-0.4, -0.2) is 202 Å². The van der Waals surface area contributed by atoms with E-state index in [9.17, 15) is 29.3 Å². The van der Waals surface area contributed by atoms with E-state index in [2.05, 4.69) is 88.9 Å². The lowest BCUT2D eigenvalue weighted by Crippen LogP contribution is -2.45. The van der Waals surface area contributed by atoms with Crippen LogP contribution in [0.25, 0.3) is 66.5 Å². The van der Waals surface area contributed by atoms with Crippen LogP contribution in [0.15, 0.2) is 159 Å². The van der Waals surface area contributed by atoms with Gasteiger partial charge in [0, 0.05) is 196 Å². The molecule has 0 bridgehead atoms. The second-order valence-corrected chi connectivity index (χ2v) is 29.1. The van der Waals surface area contributed by atoms with Gasteiger partial charge in [-0.15, -0.1) is 0 Å². The molecule has 12 aromatic rings. The maximum Gasteiger partial charge on any atom is 0.294 e. The molecule has 0 unspecified atom stereocenters. The molecule has 3 aliphatic heterocycles. The number of nitrogens with two attached hydrogens (primary N) is 1.